The highest BCUT2D eigenvalue weighted by molar-refractivity contribution is 7.10. The molecule has 0 saturated heterocycles. The summed E-state index contributed by atoms with van der Waals surface area (Å²) in [5.41, 5.74) is 2.64. The molecule has 1 aromatic carbocycles. The van der Waals surface area contributed by atoms with E-state index in [0.717, 1.165) is 19.5 Å². The summed E-state index contributed by atoms with van der Waals surface area (Å²) in [6, 6.07) is 12.8. The van der Waals surface area contributed by atoms with E-state index in [1.165, 1.54) is 16.0 Å². The first-order valence-corrected chi connectivity index (χ1v) is 10.3. The molecular formula is C21H28N2O3S. The molecule has 27 heavy (non-hydrogen) atoms. The van der Waals surface area contributed by atoms with Gasteiger partial charge in [-0.2, -0.15) is 0 Å². The molecule has 1 aliphatic heterocycles. The molecule has 0 saturated carbocycles. The largest absolute Gasteiger partial charge is 0.382 e. The van der Waals surface area contributed by atoms with E-state index in [4.69, 9.17) is 9.47 Å². The second kappa shape index (κ2) is 9.99. The predicted octanol–water partition coefficient (Wildman–Crippen LogP) is 3.02. The number of hydrogen-bond acceptors (Lipinski definition) is 5. The summed E-state index contributed by atoms with van der Waals surface area (Å²) in [6.07, 6.45) is 0.585. The summed E-state index contributed by atoms with van der Waals surface area (Å²) in [4.78, 5) is 16.4. The topological polar surface area (TPSA) is 50.8 Å². The predicted molar refractivity (Wildman–Crippen MR) is 108 cm³/mol. The number of nitrogens with zero attached hydrogens (tertiary/aromatic N) is 1. The van der Waals surface area contributed by atoms with E-state index in [-0.39, 0.29) is 11.9 Å². The average molecular weight is 389 g/mol. The summed E-state index contributed by atoms with van der Waals surface area (Å²) in [6.45, 7) is 5.18. The number of ether oxygens (including phenoxy) is 2. The van der Waals surface area contributed by atoms with Crippen molar-refractivity contribution in [3.8, 4) is 0 Å². The summed E-state index contributed by atoms with van der Waals surface area (Å²) in [5.74, 6) is -0.0831. The zero-order chi connectivity index (χ0) is 19.1. The normalized spacial score (nSPS) is 16.5. The van der Waals surface area contributed by atoms with E-state index in [0.29, 0.717) is 19.8 Å². The quantitative estimate of drug-likeness (QED) is 0.671. The van der Waals surface area contributed by atoms with Crippen molar-refractivity contribution >= 4 is 17.2 Å². The third kappa shape index (κ3) is 5.39. The van der Waals surface area contributed by atoms with Crippen LogP contribution in [0.5, 0.6) is 0 Å². The van der Waals surface area contributed by atoms with Gasteiger partial charge in [-0.15, -0.1) is 11.3 Å². The first kappa shape index (κ1) is 20.0. The SMILES string of the molecule is COCCOC(C)C(=O)NCC(c1ccccc1)N1CCc2sccc2C1. The third-order valence-electron chi connectivity index (χ3n) is 4.96. The van der Waals surface area contributed by atoms with Crippen LogP contribution in [0, 0.1) is 0 Å². The maximum absolute atomic E-state index is 12.4. The second-order valence-electron chi connectivity index (χ2n) is 6.77. The number of carbonyl (C=O) groups excluding carboxylic acids is 1. The molecule has 0 bridgehead atoms. The molecular weight excluding hydrogens is 360 g/mol. The van der Waals surface area contributed by atoms with Crippen molar-refractivity contribution in [3.63, 3.8) is 0 Å². The lowest BCUT2D eigenvalue weighted by Crippen LogP contribution is -2.43. The van der Waals surface area contributed by atoms with Gasteiger partial charge in [0.25, 0.3) is 0 Å². The Labute approximate surface area is 165 Å². The van der Waals surface area contributed by atoms with Gasteiger partial charge in [-0.3, -0.25) is 9.69 Å². The minimum atomic E-state index is -0.485. The van der Waals surface area contributed by atoms with Crippen molar-refractivity contribution in [2.24, 2.45) is 0 Å². The van der Waals surface area contributed by atoms with Crippen LogP contribution in [-0.4, -0.2) is 50.3 Å². The van der Waals surface area contributed by atoms with Crippen molar-refractivity contribution in [1.82, 2.24) is 10.2 Å². The van der Waals surface area contributed by atoms with Crippen LogP contribution in [0.4, 0.5) is 0 Å². The van der Waals surface area contributed by atoms with Crippen molar-refractivity contribution in [3.05, 3.63) is 57.8 Å². The Bertz CT molecular complexity index is 719. The highest BCUT2D eigenvalue weighted by Gasteiger charge is 2.26. The Morgan fingerprint density at radius 3 is 2.85 bits per heavy atom. The lowest BCUT2D eigenvalue weighted by molar-refractivity contribution is -0.132. The van der Waals surface area contributed by atoms with Crippen LogP contribution >= 0.6 is 11.3 Å². The van der Waals surface area contributed by atoms with E-state index >= 15 is 0 Å². The Morgan fingerprint density at radius 1 is 1.26 bits per heavy atom. The minimum Gasteiger partial charge on any atom is -0.382 e. The van der Waals surface area contributed by atoms with Gasteiger partial charge in [-0.1, -0.05) is 30.3 Å². The zero-order valence-corrected chi connectivity index (χ0v) is 16.8. The number of nitrogens with one attached hydrogen (secondary N) is 1. The minimum absolute atomic E-state index is 0.0831. The molecule has 1 aliphatic rings. The van der Waals surface area contributed by atoms with Gasteiger partial charge in [-0.25, -0.2) is 0 Å². The summed E-state index contributed by atoms with van der Waals surface area (Å²) >= 11 is 1.84. The summed E-state index contributed by atoms with van der Waals surface area (Å²) < 4.78 is 10.5. The molecule has 1 amide bonds. The molecule has 6 heteroatoms. The molecule has 1 N–H and O–H groups in total. The van der Waals surface area contributed by atoms with Crippen molar-refractivity contribution in [2.75, 3.05) is 33.4 Å². The molecule has 2 heterocycles. The molecule has 2 unspecified atom stereocenters. The lowest BCUT2D eigenvalue weighted by Gasteiger charge is -2.35. The zero-order valence-electron chi connectivity index (χ0n) is 16.0. The van der Waals surface area contributed by atoms with E-state index in [1.807, 2.05) is 17.4 Å². The third-order valence-corrected chi connectivity index (χ3v) is 5.98. The Balaban J connectivity index is 1.64. The molecule has 3 rings (SSSR count). The smallest absolute Gasteiger partial charge is 0.248 e. The average Bonchev–Trinajstić information content (AvgIpc) is 3.17. The number of benzene rings is 1. The van der Waals surface area contributed by atoms with Gasteiger partial charge >= 0.3 is 0 Å². The van der Waals surface area contributed by atoms with Crippen LogP contribution in [0.15, 0.2) is 41.8 Å². The van der Waals surface area contributed by atoms with Crippen LogP contribution in [0.1, 0.15) is 29.0 Å². The monoisotopic (exact) mass is 388 g/mol. The first-order chi connectivity index (χ1) is 13.2. The molecule has 0 fully saturated rings. The van der Waals surface area contributed by atoms with Gasteiger partial charge < -0.3 is 14.8 Å². The standard InChI is InChI=1S/C21H28N2O3S/c1-16(26-12-11-25-2)21(24)22-14-19(17-6-4-3-5-7-17)23-10-8-20-18(15-23)9-13-27-20/h3-7,9,13,16,19H,8,10-12,14-15H2,1-2H3,(H,22,24). The summed E-state index contributed by atoms with van der Waals surface area (Å²) in [7, 11) is 1.62. The maximum atomic E-state index is 12.4. The van der Waals surface area contributed by atoms with Crippen molar-refractivity contribution in [2.45, 2.75) is 32.0 Å². The number of methoxy groups -OCH3 is 1. The van der Waals surface area contributed by atoms with E-state index in [2.05, 4.69) is 45.9 Å². The highest BCUT2D eigenvalue weighted by atomic mass is 32.1. The number of rotatable bonds is 9. The number of amides is 1. The van der Waals surface area contributed by atoms with E-state index < -0.39 is 6.10 Å². The second-order valence-corrected chi connectivity index (χ2v) is 7.77. The van der Waals surface area contributed by atoms with Gasteiger partial charge in [0.05, 0.1) is 19.3 Å². The molecule has 2 aromatic rings. The molecule has 5 nitrogen and oxygen atoms in total. The fraction of sp³-hybridized carbons (Fsp3) is 0.476. The van der Waals surface area contributed by atoms with Crippen LogP contribution in [0.25, 0.3) is 0 Å². The van der Waals surface area contributed by atoms with Gasteiger partial charge in [0, 0.05) is 31.6 Å². The Morgan fingerprint density at radius 2 is 2.07 bits per heavy atom. The van der Waals surface area contributed by atoms with Crippen molar-refractivity contribution in [1.29, 1.82) is 0 Å². The maximum Gasteiger partial charge on any atom is 0.248 e. The van der Waals surface area contributed by atoms with Crippen molar-refractivity contribution < 1.29 is 14.3 Å². The van der Waals surface area contributed by atoms with E-state index in [9.17, 15) is 4.79 Å². The lowest BCUT2D eigenvalue weighted by atomic mass is 10.0. The summed E-state index contributed by atoms with van der Waals surface area (Å²) in [5, 5.41) is 5.25. The van der Waals surface area contributed by atoms with Gasteiger partial charge in [0.1, 0.15) is 6.10 Å². The van der Waals surface area contributed by atoms with Gasteiger partial charge in [0.2, 0.25) is 5.91 Å². The van der Waals surface area contributed by atoms with Crippen LogP contribution < -0.4 is 5.32 Å². The van der Waals surface area contributed by atoms with E-state index in [1.54, 1.807) is 14.0 Å². The molecule has 2 atom stereocenters. The van der Waals surface area contributed by atoms with Crippen LogP contribution in [0.3, 0.4) is 0 Å². The molecule has 0 radical (unpaired) electrons. The Hall–Kier alpha value is -1.73. The fourth-order valence-electron chi connectivity index (χ4n) is 3.39. The number of hydrogen-bond donors (Lipinski definition) is 1. The van der Waals surface area contributed by atoms with Gasteiger partial charge in [0.15, 0.2) is 0 Å². The first-order valence-electron chi connectivity index (χ1n) is 9.41. The number of fused-ring (bicyclic) bond motifs is 1. The van der Waals surface area contributed by atoms with Gasteiger partial charge in [-0.05, 0) is 35.9 Å². The number of thiophene rings is 1. The fourth-order valence-corrected chi connectivity index (χ4v) is 4.28. The van der Waals surface area contributed by atoms with Crippen LogP contribution in [-0.2, 0) is 27.2 Å². The Kier molecular flexibility index (Phi) is 7.41. The number of carbonyl (C=O) groups is 1. The molecule has 0 spiro atoms. The molecule has 0 aliphatic carbocycles. The molecule has 1 aromatic heterocycles. The van der Waals surface area contributed by atoms with Crippen LogP contribution in [0.2, 0.25) is 0 Å². The highest BCUT2D eigenvalue weighted by Crippen LogP contribution is 2.30. The molecule has 146 valence electrons.